The standard InChI is InChI=1S/C32H41N3O7S/c1-7-28(32(37)33-20-23(2)3)34(21-24-12-11-13-26(18-24)40-4)31(36)22-35(43(38,39)27-14-9-8-10-15-27)25-16-17-29(41-5)30(19-25)42-6/h8-19,23,28H,7,20-22H2,1-6H3,(H,33,37). The summed E-state index contributed by atoms with van der Waals surface area (Å²) < 4.78 is 45.2. The van der Waals surface area contributed by atoms with Crippen LogP contribution < -0.4 is 23.8 Å². The lowest BCUT2D eigenvalue weighted by Crippen LogP contribution is -2.52. The lowest BCUT2D eigenvalue weighted by atomic mass is 10.1. The number of hydrogen-bond acceptors (Lipinski definition) is 7. The summed E-state index contributed by atoms with van der Waals surface area (Å²) in [5.41, 5.74) is 0.930. The van der Waals surface area contributed by atoms with Crippen molar-refractivity contribution in [3.8, 4) is 17.2 Å². The minimum absolute atomic E-state index is 0.0126. The fourth-order valence-electron chi connectivity index (χ4n) is 4.54. The summed E-state index contributed by atoms with van der Waals surface area (Å²) in [6.07, 6.45) is 0.321. The summed E-state index contributed by atoms with van der Waals surface area (Å²) in [6, 6.07) is 18.9. The molecule has 0 spiro atoms. The first-order valence-corrected chi connectivity index (χ1v) is 15.5. The summed E-state index contributed by atoms with van der Waals surface area (Å²) in [4.78, 5) is 29.1. The number of benzene rings is 3. The van der Waals surface area contributed by atoms with Crippen molar-refractivity contribution in [2.24, 2.45) is 5.92 Å². The van der Waals surface area contributed by atoms with E-state index in [4.69, 9.17) is 14.2 Å². The topological polar surface area (TPSA) is 114 Å². The second kappa shape index (κ2) is 15.3. The molecule has 0 radical (unpaired) electrons. The molecule has 11 heteroatoms. The molecule has 1 unspecified atom stereocenters. The fraction of sp³-hybridized carbons (Fsp3) is 0.375. The van der Waals surface area contributed by atoms with E-state index < -0.39 is 28.5 Å². The van der Waals surface area contributed by atoms with Crippen molar-refractivity contribution in [2.45, 2.75) is 44.7 Å². The molecule has 3 rings (SSSR count). The van der Waals surface area contributed by atoms with Gasteiger partial charge in [0.05, 0.1) is 31.9 Å². The SMILES string of the molecule is CCC(C(=O)NCC(C)C)N(Cc1cccc(OC)c1)C(=O)CN(c1ccc(OC)c(OC)c1)S(=O)(=O)c1ccccc1. The van der Waals surface area contributed by atoms with Gasteiger partial charge in [-0.05, 0) is 54.3 Å². The predicted molar refractivity (Wildman–Crippen MR) is 166 cm³/mol. The van der Waals surface area contributed by atoms with Gasteiger partial charge in [-0.25, -0.2) is 8.42 Å². The number of nitrogens with one attached hydrogen (secondary N) is 1. The molecule has 1 atom stereocenters. The van der Waals surface area contributed by atoms with Crippen LogP contribution in [0.25, 0.3) is 0 Å². The summed E-state index contributed by atoms with van der Waals surface area (Å²) in [5, 5.41) is 2.93. The monoisotopic (exact) mass is 611 g/mol. The van der Waals surface area contributed by atoms with E-state index in [1.807, 2.05) is 26.8 Å². The van der Waals surface area contributed by atoms with Crippen LogP contribution >= 0.6 is 0 Å². The molecule has 3 aromatic carbocycles. The molecule has 232 valence electrons. The smallest absolute Gasteiger partial charge is 0.264 e. The minimum Gasteiger partial charge on any atom is -0.497 e. The van der Waals surface area contributed by atoms with E-state index in [1.54, 1.807) is 55.6 Å². The third-order valence-corrected chi connectivity index (χ3v) is 8.61. The second-order valence-corrected chi connectivity index (χ2v) is 12.2. The normalized spacial score (nSPS) is 11.9. The molecule has 1 N–H and O–H groups in total. The molecule has 0 aliphatic carbocycles. The van der Waals surface area contributed by atoms with Crippen LogP contribution in [0, 0.1) is 5.92 Å². The number of hydrogen-bond donors (Lipinski definition) is 1. The highest BCUT2D eigenvalue weighted by Gasteiger charge is 2.34. The van der Waals surface area contributed by atoms with Gasteiger partial charge < -0.3 is 24.4 Å². The Balaban J connectivity index is 2.10. The quantitative estimate of drug-likeness (QED) is 0.269. The number of carbonyl (C=O) groups is 2. The second-order valence-electron chi connectivity index (χ2n) is 10.3. The Morgan fingerprint density at radius 3 is 2.16 bits per heavy atom. The minimum atomic E-state index is -4.22. The summed E-state index contributed by atoms with van der Waals surface area (Å²) >= 11 is 0. The van der Waals surface area contributed by atoms with Crippen LogP contribution in [-0.2, 0) is 26.2 Å². The van der Waals surface area contributed by atoms with Gasteiger partial charge in [-0.15, -0.1) is 0 Å². The van der Waals surface area contributed by atoms with E-state index in [2.05, 4.69) is 5.32 Å². The lowest BCUT2D eigenvalue weighted by Gasteiger charge is -2.33. The predicted octanol–water partition coefficient (Wildman–Crippen LogP) is 4.49. The van der Waals surface area contributed by atoms with Gasteiger partial charge in [0.1, 0.15) is 18.3 Å². The number of nitrogens with zero attached hydrogens (tertiary/aromatic N) is 2. The Kier molecular flexibility index (Phi) is 11.8. The number of amides is 2. The molecular weight excluding hydrogens is 570 g/mol. The largest absolute Gasteiger partial charge is 0.497 e. The Morgan fingerprint density at radius 1 is 0.860 bits per heavy atom. The zero-order valence-electron chi connectivity index (χ0n) is 25.6. The number of anilines is 1. The number of rotatable bonds is 15. The van der Waals surface area contributed by atoms with Crippen LogP contribution in [0.3, 0.4) is 0 Å². The van der Waals surface area contributed by atoms with Crippen molar-refractivity contribution < 1.29 is 32.2 Å². The van der Waals surface area contributed by atoms with Gasteiger partial charge in [0.2, 0.25) is 11.8 Å². The van der Waals surface area contributed by atoms with E-state index in [9.17, 15) is 18.0 Å². The van der Waals surface area contributed by atoms with E-state index in [-0.39, 0.29) is 29.0 Å². The molecule has 0 heterocycles. The van der Waals surface area contributed by atoms with E-state index in [0.29, 0.717) is 30.2 Å². The van der Waals surface area contributed by atoms with Crippen molar-refractivity contribution in [3.63, 3.8) is 0 Å². The van der Waals surface area contributed by atoms with E-state index in [1.165, 1.54) is 37.3 Å². The number of ether oxygens (including phenoxy) is 3. The molecule has 0 aliphatic heterocycles. The molecule has 3 aromatic rings. The van der Waals surface area contributed by atoms with Crippen LogP contribution in [0.5, 0.6) is 17.2 Å². The molecule has 0 aromatic heterocycles. The average Bonchev–Trinajstić information content (AvgIpc) is 3.02. The highest BCUT2D eigenvalue weighted by atomic mass is 32.2. The molecule has 0 saturated heterocycles. The first-order chi connectivity index (χ1) is 20.5. The highest BCUT2D eigenvalue weighted by molar-refractivity contribution is 7.92. The average molecular weight is 612 g/mol. The maximum Gasteiger partial charge on any atom is 0.264 e. The van der Waals surface area contributed by atoms with Crippen molar-refractivity contribution in [1.29, 1.82) is 0 Å². The Morgan fingerprint density at radius 2 is 1.56 bits per heavy atom. The lowest BCUT2D eigenvalue weighted by molar-refractivity contribution is -0.140. The van der Waals surface area contributed by atoms with Gasteiger partial charge in [-0.1, -0.05) is 51.1 Å². The molecule has 43 heavy (non-hydrogen) atoms. The molecule has 0 bridgehead atoms. The summed E-state index contributed by atoms with van der Waals surface area (Å²) in [5.74, 6) is 0.650. The van der Waals surface area contributed by atoms with Crippen LogP contribution in [0.4, 0.5) is 5.69 Å². The zero-order valence-corrected chi connectivity index (χ0v) is 26.4. The first-order valence-electron chi connectivity index (χ1n) is 14.1. The Hall–Kier alpha value is -4.25. The van der Waals surface area contributed by atoms with Crippen LogP contribution in [0.1, 0.15) is 32.8 Å². The van der Waals surface area contributed by atoms with Crippen molar-refractivity contribution in [2.75, 3.05) is 38.7 Å². The van der Waals surface area contributed by atoms with Crippen molar-refractivity contribution in [1.82, 2.24) is 10.2 Å². The third-order valence-electron chi connectivity index (χ3n) is 6.82. The highest BCUT2D eigenvalue weighted by Crippen LogP contribution is 2.34. The maximum absolute atomic E-state index is 14.2. The van der Waals surface area contributed by atoms with Crippen molar-refractivity contribution >= 4 is 27.5 Å². The Bertz CT molecular complexity index is 1480. The maximum atomic E-state index is 14.2. The third kappa shape index (κ3) is 8.41. The van der Waals surface area contributed by atoms with Gasteiger partial charge >= 0.3 is 0 Å². The molecule has 0 saturated carbocycles. The molecular formula is C32H41N3O7S. The van der Waals surface area contributed by atoms with Crippen molar-refractivity contribution in [3.05, 3.63) is 78.4 Å². The van der Waals surface area contributed by atoms with Gasteiger partial charge in [0.15, 0.2) is 11.5 Å². The molecule has 10 nitrogen and oxygen atoms in total. The number of sulfonamides is 1. The van der Waals surface area contributed by atoms with Gasteiger partial charge in [-0.3, -0.25) is 13.9 Å². The van der Waals surface area contributed by atoms with Crippen LogP contribution in [-0.4, -0.2) is 65.6 Å². The number of carbonyl (C=O) groups excluding carboxylic acids is 2. The van der Waals surface area contributed by atoms with E-state index in [0.717, 1.165) is 9.87 Å². The Labute approximate surface area is 254 Å². The molecule has 0 fully saturated rings. The van der Waals surface area contributed by atoms with Crippen LogP contribution in [0.2, 0.25) is 0 Å². The fourth-order valence-corrected chi connectivity index (χ4v) is 5.97. The molecule has 2 amide bonds. The zero-order chi connectivity index (χ0) is 31.6. The summed E-state index contributed by atoms with van der Waals surface area (Å²) in [6.45, 7) is 5.72. The molecule has 0 aliphatic rings. The number of methoxy groups -OCH3 is 3. The van der Waals surface area contributed by atoms with E-state index >= 15 is 0 Å². The van der Waals surface area contributed by atoms with Gasteiger partial charge in [0.25, 0.3) is 10.0 Å². The van der Waals surface area contributed by atoms with Gasteiger partial charge in [0, 0.05) is 19.2 Å². The van der Waals surface area contributed by atoms with Crippen LogP contribution in [0.15, 0.2) is 77.7 Å². The van der Waals surface area contributed by atoms with Gasteiger partial charge in [-0.2, -0.15) is 0 Å². The summed E-state index contributed by atoms with van der Waals surface area (Å²) in [7, 11) is 0.253. The first kappa shape index (κ1) is 33.3.